The molecule has 1 saturated heterocycles. The van der Waals surface area contributed by atoms with E-state index in [2.05, 4.69) is 0 Å². The maximum atomic E-state index is 14.0. The van der Waals surface area contributed by atoms with Gasteiger partial charge in [-0.3, -0.25) is 9.59 Å². The Morgan fingerprint density at radius 3 is 2.54 bits per heavy atom. The van der Waals surface area contributed by atoms with Crippen LogP contribution in [-0.4, -0.2) is 45.9 Å². The van der Waals surface area contributed by atoms with Crippen molar-refractivity contribution in [3.05, 3.63) is 65.0 Å². The molecule has 1 heterocycles. The summed E-state index contributed by atoms with van der Waals surface area (Å²) in [6, 6.07) is 10.7. The number of carbonyl (C=O) groups is 2. The molecule has 136 valence electrons. The zero-order valence-corrected chi connectivity index (χ0v) is 14.8. The van der Waals surface area contributed by atoms with Crippen LogP contribution in [0.15, 0.2) is 42.5 Å². The molecule has 0 radical (unpaired) electrons. The molecule has 2 aromatic rings. The minimum atomic E-state index is -0.795. The molecule has 1 atom stereocenters. The number of nitrogens with zero attached hydrogens (tertiary/aromatic N) is 2. The van der Waals surface area contributed by atoms with Crippen molar-refractivity contribution in [2.24, 2.45) is 0 Å². The highest BCUT2D eigenvalue weighted by Gasteiger charge is 2.35. The van der Waals surface area contributed by atoms with Crippen molar-refractivity contribution in [3.8, 4) is 5.75 Å². The molecule has 3 rings (SSSR count). The first-order valence-corrected chi connectivity index (χ1v) is 8.50. The van der Waals surface area contributed by atoms with Crippen molar-refractivity contribution in [2.45, 2.75) is 26.4 Å². The smallest absolute Gasteiger partial charge is 0.257 e. The third kappa shape index (κ3) is 3.54. The van der Waals surface area contributed by atoms with E-state index in [1.807, 2.05) is 31.2 Å². The molecule has 2 aromatic carbocycles. The fraction of sp³-hybridized carbons (Fsp3) is 0.300. The lowest BCUT2D eigenvalue weighted by molar-refractivity contribution is -0.140. The fourth-order valence-electron chi connectivity index (χ4n) is 3.11. The van der Waals surface area contributed by atoms with Crippen molar-refractivity contribution in [3.63, 3.8) is 0 Å². The molecule has 6 heteroatoms. The Morgan fingerprint density at radius 2 is 1.88 bits per heavy atom. The second kappa shape index (κ2) is 7.15. The molecular formula is C20H21FN2O3. The van der Waals surface area contributed by atoms with Crippen molar-refractivity contribution in [1.82, 2.24) is 9.80 Å². The predicted molar refractivity (Wildman–Crippen MR) is 95.2 cm³/mol. The van der Waals surface area contributed by atoms with Crippen molar-refractivity contribution in [2.75, 3.05) is 13.1 Å². The molecule has 1 aliphatic heterocycles. The summed E-state index contributed by atoms with van der Waals surface area (Å²) in [4.78, 5) is 28.4. The van der Waals surface area contributed by atoms with Gasteiger partial charge in [0.1, 0.15) is 17.6 Å². The van der Waals surface area contributed by atoms with Gasteiger partial charge in [0.05, 0.1) is 5.56 Å². The summed E-state index contributed by atoms with van der Waals surface area (Å²) in [5, 5.41) is 9.29. The zero-order chi connectivity index (χ0) is 18.8. The normalized spacial score (nSPS) is 17.5. The quantitative estimate of drug-likeness (QED) is 0.920. The summed E-state index contributed by atoms with van der Waals surface area (Å²) >= 11 is 0. The van der Waals surface area contributed by atoms with Crippen LogP contribution in [0.1, 0.15) is 28.4 Å². The molecular weight excluding hydrogens is 335 g/mol. The van der Waals surface area contributed by atoms with Gasteiger partial charge >= 0.3 is 0 Å². The Balaban J connectivity index is 1.72. The Labute approximate surface area is 151 Å². The third-order valence-electron chi connectivity index (χ3n) is 4.69. The highest BCUT2D eigenvalue weighted by atomic mass is 19.1. The number of phenols is 1. The van der Waals surface area contributed by atoms with E-state index >= 15 is 0 Å². The number of aromatic hydroxyl groups is 1. The van der Waals surface area contributed by atoms with Crippen LogP contribution >= 0.6 is 0 Å². The van der Waals surface area contributed by atoms with Gasteiger partial charge in [0.2, 0.25) is 5.91 Å². The first-order valence-electron chi connectivity index (χ1n) is 8.50. The molecule has 26 heavy (non-hydrogen) atoms. The van der Waals surface area contributed by atoms with Gasteiger partial charge in [-0.25, -0.2) is 4.39 Å². The predicted octanol–water partition coefficient (Wildman–Crippen LogP) is 2.71. The van der Waals surface area contributed by atoms with Gasteiger partial charge in [-0.2, -0.15) is 0 Å². The maximum absolute atomic E-state index is 14.0. The van der Waals surface area contributed by atoms with Gasteiger partial charge in [0.15, 0.2) is 0 Å². The molecule has 0 aliphatic carbocycles. The van der Waals surface area contributed by atoms with Crippen molar-refractivity contribution >= 4 is 11.8 Å². The molecule has 0 aromatic heterocycles. The number of rotatable bonds is 3. The first-order chi connectivity index (χ1) is 12.4. The highest BCUT2D eigenvalue weighted by Crippen LogP contribution is 2.21. The molecule has 5 nitrogen and oxygen atoms in total. The summed E-state index contributed by atoms with van der Waals surface area (Å²) in [6.07, 6.45) is 0. The van der Waals surface area contributed by atoms with Crippen LogP contribution in [0.3, 0.4) is 0 Å². The van der Waals surface area contributed by atoms with E-state index in [0.29, 0.717) is 19.6 Å². The largest absolute Gasteiger partial charge is 0.508 e. The molecule has 1 fully saturated rings. The topological polar surface area (TPSA) is 60.9 Å². The first kappa shape index (κ1) is 17.9. The molecule has 1 N–H and O–H groups in total. The lowest BCUT2D eigenvalue weighted by atomic mass is 10.1. The van der Waals surface area contributed by atoms with Crippen LogP contribution in [0, 0.1) is 12.7 Å². The van der Waals surface area contributed by atoms with E-state index in [1.54, 1.807) is 11.8 Å². The Bertz CT molecular complexity index is 835. The molecule has 0 saturated carbocycles. The molecule has 1 aliphatic rings. The van der Waals surface area contributed by atoms with E-state index in [4.69, 9.17) is 0 Å². The van der Waals surface area contributed by atoms with Crippen LogP contribution in [0.2, 0.25) is 0 Å². The van der Waals surface area contributed by atoms with Crippen molar-refractivity contribution in [1.29, 1.82) is 0 Å². The molecule has 0 bridgehead atoms. The summed E-state index contributed by atoms with van der Waals surface area (Å²) in [5.74, 6) is -1.74. The van der Waals surface area contributed by atoms with E-state index < -0.39 is 17.8 Å². The number of piperazine rings is 1. The summed E-state index contributed by atoms with van der Waals surface area (Å²) in [6.45, 7) is 4.86. The Morgan fingerprint density at radius 1 is 1.19 bits per heavy atom. The van der Waals surface area contributed by atoms with Crippen LogP contribution in [0.5, 0.6) is 5.75 Å². The molecule has 0 spiro atoms. The van der Waals surface area contributed by atoms with Crippen LogP contribution in [0.25, 0.3) is 0 Å². The van der Waals surface area contributed by atoms with Gasteiger partial charge in [0.25, 0.3) is 5.91 Å². The van der Waals surface area contributed by atoms with Gasteiger partial charge < -0.3 is 14.9 Å². The maximum Gasteiger partial charge on any atom is 0.257 e. The van der Waals surface area contributed by atoms with E-state index in [0.717, 1.165) is 17.2 Å². The van der Waals surface area contributed by atoms with Crippen molar-refractivity contribution < 1.29 is 19.1 Å². The number of benzene rings is 2. The zero-order valence-electron chi connectivity index (χ0n) is 14.8. The summed E-state index contributed by atoms with van der Waals surface area (Å²) < 4.78 is 14.0. The van der Waals surface area contributed by atoms with Gasteiger partial charge in [0, 0.05) is 25.7 Å². The summed E-state index contributed by atoms with van der Waals surface area (Å²) in [7, 11) is 0. The monoisotopic (exact) mass is 356 g/mol. The van der Waals surface area contributed by atoms with Crippen LogP contribution < -0.4 is 0 Å². The minimum Gasteiger partial charge on any atom is -0.508 e. The van der Waals surface area contributed by atoms with Gasteiger partial charge in [-0.15, -0.1) is 0 Å². The van der Waals surface area contributed by atoms with Gasteiger partial charge in [-0.1, -0.05) is 29.8 Å². The van der Waals surface area contributed by atoms with Gasteiger partial charge in [-0.05, 0) is 31.5 Å². The lowest BCUT2D eigenvalue weighted by Gasteiger charge is -2.39. The number of halogens is 1. The Hall–Kier alpha value is -2.89. The third-order valence-corrected chi connectivity index (χ3v) is 4.69. The number of hydrogen-bond donors (Lipinski definition) is 1. The van der Waals surface area contributed by atoms with E-state index in [9.17, 15) is 19.1 Å². The fourth-order valence-corrected chi connectivity index (χ4v) is 3.11. The number of phenolic OH excluding ortho intramolecular Hbond substituents is 1. The molecule has 2 amide bonds. The SMILES string of the molecule is Cc1ccc(CN2CCN(C(=O)c3ccc(O)cc3F)C(C)C2=O)cc1. The van der Waals surface area contributed by atoms with Crippen LogP contribution in [0.4, 0.5) is 4.39 Å². The molecule has 1 unspecified atom stereocenters. The second-order valence-corrected chi connectivity index (χ2v) is 6.58. The average molecular weight is 356 g/mol. The highest BCUT2D eigenvalue weighted by molar-refractivity contribution is 5.98. The summed E-state index contributed by atoms with van der Waals surface area (Å²) in [5.41, 5.74) is 2.04. The standard InChI is InChI=1S/C20H21FN2O3/c1-13-3-5-15(6-4-13)12-22-9-10-23(14(2)19(22)25)20(26)17-8-7-16(24)11-18(17)21/h3-8,11,14,24H,9-10,12H2,1-2H3. The lowest BCUT2D eigenvalue weighted by Crippen LogP contribution is -2.57. The number of amides is 2. The number of hydrogen-bond acceptors (Lipinski definition) is 3. The van der Waals surface area contributed by atoms with Crippen LogP contribution in [-0.2, 0) is 11.3 Å². The average Bonchev–Trinajstić information content (AvgIpc) is 2.60. The number of carbonyl (C=O) groups excluding carboxylic acids is 2. The van der Waals surface area contributed by atoms with E-state index in [-0.39, 0.29) is 17.2 Å². The second-order valence-electron chi connectivity index (χ2n) is 6.58. The number of aryl methyl sites for hydroxylation is 1. The Kier molecular flexibility index (Phi) is 4.93. The minimum absolute atomic E-state index is 0.144. The van der Waals surface area contributed by atoms with E-state index in [1.165, 1.54) is 17.0 Å².